The van der Waals surface area contributed by atoms with E-state index in [9.17, 15) is 9.90 Å². The second kappa shape index (κ2) is 7.89. The molecule has 6 heteroatoms. The zero-order valence-electron chi connectivity index (χ0n) is 16.7. The second-order valence-corrected chi connectivity index (χ2v) is 8.23. The molecule has 2 aromatic carbocycles. The summed E-state index contributed by atoms with van der Waals surface area (Å²) in [5.41, 5.74) is -0.0848. The molecule has 2 aliphatic rings. The lowest BCUT2D eigenvalue weighted by molar-refractivity contribution is -0.136. The third kappa shape index (κ3) is 3.32. The van der Waals surface area contributed by atoms with Crippen LogP contribution in [0.4, 0.5) is 0 Å². The first kappa shape index (κ1) is 20.6. The van der Waals surface area contributed by atoms with Crippen molar-refractivity contribution < 1.29 is 19.7 Å². The summed E-state index contributed by atoms with van der Waals surface area (Å²) in [5, 5.41) is 21.8. The molecule has 2 heterocycles. The molecule has 0 aromatic heterocycles. The van der Waals surface area contributed by atoms with Crippen LogP contribution in [-0.2, 0) is 23.2 Å². The summed E-state index contributed by atoms with van der Waals surface area (Å²) in [4.78, 5) is 15.7. The number of fused-ring (bicyclic) bond motifs is 1. The summed E-state index contributed by atoms with van der Waals surface area (Å²) < 4.78 is 6.34. The second-order valence-electron chi connectivity index (χ2n) is 7.82. The van der Waals surface area contributed by atoms with Gasteiger partial charge in [0.1, 0.15) is 17.4 Å². The molecule has 4 rings (SSSR count). The number of benzene rings is 2. The lowest BCUT2D eigenvalue weighted by Crippen LogP contribution is -2.58. The van der Waals surface area contributed by atoms with E-state index in [1.165, 1.54) is 0 Å². The standard InChI is InChI=1S/C24H24ClNO4/c1-2-23(12-5-13-26-23)24(29,18-6-3-4-7-19(18)25)21-11-9-17-14-16(15-22(27)28)8-10-20(17)30-21/h3-8,10,12-14,21,29H,2,9,11,15H2,1H3,(H,27,28). The lowest BCUT2D eigenvalue weighted by Gasteiger charge is -2.48. The molecule has 0 saturated heterocycles. The molecule has 0 spiro atoms. The van der Waals surface area contributed by atoms with Gasteiger partial charge in [-0.25, -0.2) is 0 Å². The number of aryl methyl sites for hydroxylation is 1. The van der Waals surface area contributed by atoms with Gasteiger partial charge in [-0.05, 0) is 48.6 Å². The largest absolute Gasteiger partial charge is 0.487 e. The molecule has 3 unspecified atom stereocenters. The fourth-order valence-electron chi connectivity index (χ4n) is 4.60. The number of carboxylic acids is 1. The summed E-state index contributed by atoms with van der Waals surface area (Å²) >= 11 is 6.55. The zero-order chi connectivity index (χ0) is 21.4. The number of halogens is 1. The minimum atomic E-state index is -1.47. The average Bonchev–Trinajstić information content (AvgIpc) is 3.23. The van der Waals surface area contributed by atoms with Crippen LogP contribution in [0.25, 0.3) is 0 Å². The van der Waals surface area contributed by atoms with E-state index in [0.29, 0.717) is 35.6 Å². The summed E-state index contributed by atoms with van der Waals surface area (Å²) in [5.74, 6) is -0.212. The van der Waals surface area contributed by atoms with Gasteiger partial charge in [0, 0.05) is 16.8 Å². The third-order valence-corrected chi connectivity index (χ3v) is 6.47. The topological polar surface area (TPSA) is 79.1 Å². The molecule has 0 amide bonds. The van der Waals surface area contributed by atoms with E-state index < -0.39 is 23.2 Å². The van der Waals surface area contributed by atoms with Gasteiger partial charge in [-0.2, -0.15) is 0 Å². The average molecular weight is 426 g/mol. The first-order valence-electron chi connectivity index (χ1n) is 10.1. The van der Waals surface area contributed by atoms with E-state index in [0.717, 1.165) is 11.1 Å². The highest BCUT2D eigenvalue weighted by Crippen LogP contribution is 2.49. The number of aliphatic imine (C=N–C) groups is 1. The minimum Gasteiger partial charge on any atom is -0.487 e. The van der Waals surface area contributed by atoms with Crippen molar-refractivity contribution in [3.63, 3.8) is 0 Å². The van der Waals surface area contributed by atoms with Gasteiger partial charge >= 0.3 is 5.97 Å². The molecule has 0 fully saturated rings. The number of carboxylic acid groups (broad SMARTS) is 1. The molecule has 30 heavy (non-hydrogen) atoms. The summed E-state index contributed by atoms with van der Waals surface area (Å²) in [6.45, 7) is 1.99. The van der Waals surface area contributed by atoms with Crippen molar-refractivity contribution in [1.82, 2.24) is 0 Å². The molecule has 156 valence electrons. The zero-order valence-corrected chi connectivity index (χ0v) is 17.5. The van der Waals surface area contributed by atoms with Crippen molar-refractivity contribution in [3.05, 3.63) is 76.3 Å². The fourth-order valence-corrected chi connectivity index (χ4v) is 4.88. The van der Waals surface area contributed by atoms with E-state index in [1.807, 2.05) is 43.3 Å². The molecule has 0 bridgehead atoms. The Labute approximate surface area is 180 Å². The fraction of sp³-hybridized carbons (Fsp3) is 0.333. The number of ether oxygens (including phenoxy) is 1. The molecule has 0 radical (unpaired) electrons. The lowest BCUT2D eigenvalue weighted by atomic mass is 9.68. The Hall–Kier alpha value is -2.63. The highest BCUT2D eigenvalue weighted by atomic mass is 35.5. The van der Waals surface area contributed by atoms with E-state index in [2.05, 4.69) is 4.99 Å². The van der Waals surface area contributed by atoms with Crippen molar-refractivity contribution in [2.24, 2.45) is 4.99 Å². The van der Waals surface area contributed by atoms with E-state index >= 15 is 0 Å². The Bertz CT molecular complexity index is 1020. The van der Waals surface area contributed by atoms with Gasteiger partial charge in [-0.15, -0.1) is 0 Å². The van der Waals surface area contributed by atoms with Crippen molar-refractivity contribution in [2.45, 2.75) is 49.9 Å². The summed E-state index contributed by atoms with van der Waals surface area (Å²) in [7, 11) is 0. The van der Waals surface area contributed by atoms with Gasteiger partial charge < -0.3 is 14.9 Å². The van der Waals surface area contributed by atoms with Crippen LogP contribution < -0.4 is 4.74 Å². The van der Waals surface area contributed by atoms with Crippen molar-refractivity contribution in [2.75, 3.05) is 0 Å². The number of carbonyl (C=O) groups is 1. The summed E-state index contributed by atoms with van der Waals surface area (Å²) in [6.07, 6.45) is 6.66. The normalized spacial score (nSPS) is 24.2. The highest BCUT2D eigenvalue weighted by molar-refractivity contribution is 6.31. The molecule has 0 aliphatic carbocycles. The van der Waals surface area contributed by atoms with Crippen molar-refractivity contribution >= 4 is 23.8 Å². The molecule has 3 atom stereocenters. The molecule has 2 aromatic rings. The number of allylic oxidation sites excluding steroid dienone is 1. The Balaban J connectivity index is 1.77. The Kier molecular flexibility index (Phi) is 5.43. The van der Waals surface area contributed by atoms with Gasteiger partial charge in [-0.3, -0.25) is 9.79 Å². The maximum Gasteiger partial charge on any atom is 0.307 e. The van der Waals surface area contributed by atoms with E-state index in [1.54, 1.807) is 24.4 Å². The van der Waals surface area contributed by atoms with Crippen LogP contribution in [0.15, 0.2) is 59.6 Å². The number of nitrogens with zero attached hydrogens (tertiary/aromatic N) is 1. The van der Waals surface area contributed by atoms with Crippen LogP contribution >= 0.6 is 11.6 Å². The smallest absolute Gasteiger partial charge is 0.307 e. The van der Waals surface area contributed by atoms with Crippen LogP contribution in [0.5, 0.6) is 5.75 Å². The van der Waals surface area contributed by atoms with Crippen LogP contribution in [0.3, 0.4) is 0 Å². The molecule has 2 N–H and O–H groups in total. The van der Waals surface area contributed by atoms with Crippen LogP contribution in [0, 0.1) is 0 Å². The molecule has 0 saturated carbocycles. The number of hydrogen-bond donors (Lipinski definition) is 2. The van der Waals surface area contributed by atoms with Gasteiger partial charge in [0.05, 0.1) is 6.42 Å². The van der Waals surface area contributed by atoms with Crippen LogP contribution in [0.2, 0.25) is 5.02 Å². The van der Waals surface area contributed by atoms with Gasteiger partial charge in [0.2, 0.25) is 0 Å². The molecular formula is C24H24ClNO4. The number of aliphatic carboxylic acids is 1. The molecule has 2 aliphatic heterocycles. The first-order valence-corrected chi connectivity index (χ1v) is 10.5. The monoisotopic (exact) mass is 425 g/mol. The number of aliphatic hydroxyl groups is 1. The number of hydrogen-bond acceptors (Lipinski definition) is 4. The van der Waals surface area contributed by atoms with E-state index in [-0.39, 0.29) is 6.42 Å². The van der Waals surface area contributed by atoms with Gasteiger partial charge in [-0.1, -0.05) is 54.9 Å². The Morgan fingerprint density at radius 3 is 2.80 bits per heavy atom. The van der Waals surface area contributed by atoms with Crippen LogP contribution in [-0.4, -0.2) is 34.0 Å². The van der Waals surface area contributed by atoms with Crippen molar-refractivity contribution in [1.29, 1.82) is 0 Å². The van der Waals surface area contributed by atoms with Gasteiger partial charge in [0.25, 0.3) is 0 Å². The molecular weight excluding hydrogens is 402 g/mol. The maximum atomic E-state index is 12.3. The predicted octanol–water partition coefficient (Wildman–Crippen LogP) is 4.34. The quantitative estimate of drug-likeness (QED) is 0.721. The van der Waals surface area contributed by atoms with E-state index in [4.69, 9.17) is 21.4 Å². The highest BCUT2D eigenvalue weighted by Gasteiger charge is 2.57. The summed E-state index contributed by atoms with van der Waals surface area (Å²) in [6, 6.07) is 12.7. The Morgan fingerprint density at radius 2 is 2.13 bits per heavy atom. The first-order chi connectivity index (χ1) is 14.4. The predicted molar refractivity (Wildman–Crippen MR) is 117 cm³/mol. The Morgan fingerprint density at radius 1 is 1.33 bits per heavy atom. The maximum absolute atomic E-state index is 12.3. The minimum absolute atomic E-state index is 0.0290. The van der Waals surface area contributed by atoms with Crippen LogP contribution in [0.1, 0.15) is 36.5 Å². The van der Waals surface area contributed by atoms with Gasteiger partial charge in [0.15, 0.2) is 5.60 Å². The SMILES string of the molecule is CCC1(C(O)(c2ccccc2Cl)C2CCc3cc(CC(=O)O)ccc3O2)C=CC=N1. The molecule has 5 nitrogen and oxygen atoms in total. The number of rotatable bonds is 6. The third-order valence-electron chi connectivity index (χ3n) is 6.14. The van der Waals surface area contributed by atoms with Crippen molar-refractivity contribution in [3.8, 4) is 5.75 Å².